The molecule has 1 amide bonds. The van der Waals surface area contributed by atoms with E-state index in [1.807, 2.05) is 0 Å². The van der Waals surface area contributed by atoms with Gasteiger partial charge in [-0.05, 0) is 41.4 Å². The van der Waals surface area contributed by atoms with E-state index in [0.717, 1.165) is 36.4 Å². The largest absolute Gasteiger partial charge is 0.416 e. The molecule has 0 saturated heterocycles. The minimum absolute atomic E-state index is 0.0149. The lowest BCUT2D eigenvalue weighted by Gasteiger charge is -2.08. The number of amides is 1. The van der Waals surface area contributed by atoms with Crippen LogP contribution >= 0.6 is 22.9 Å². The number of nitrogens with one attached hydrogen (secondary N) is 1. The molecular formula is C18H8ClF5N2O2S. The number of thiazole rings is 1. The summed E-state index contributed by atoms with van der Waals surface area (Å²) in [5, 5.41) is 0.779. The van der Waals surface area contributed by atoms with Crippen LogP contribution < -0.4 is 5.32 Å². The number of nitrogens with zero attached hydrogens (tertiary/aromatic N) is 1. The van der Waals surface area contributed by atoms with Crippen LogP contribution in [0.4, 0.5) is 27.1 Å². The van der Waals surface area contributed by atoms with Gasteiger partial charge in [0, 0.05) is 0 Å². The third-order valence-corrected chi connectivity index (χ3v) is 4.87. The third kappa shape index (κ3) is 4.43. The predicted molar refractivity (Wildman–Crippen MR) is 97.0 cm³/mol. The quantitative estimate of drug-likeness (QED) is 0.411. The molecule has 0 aliphatic heterocycles. The fourth-order valence-electron chi connectivity index (χ4n) is 2.41. The van der Waals surface area contributed by atoms with Crippen molar-refractivity contribution in [3.8, 4) is 10.4 Å². The topological polar surface area (TPSA) is 59.1 Å². The molecule has 3 rings (SSSR count). The molecule has 0 bridgehead atoms. The second kappa shape index (κ2) is 7.88. The SMILES string of the molecule is O=C(Cl)c1nc(NC(=O)c2c(F)cccc2F)sc1-c1cccc(C(F)(F)F)c1. The summed E-state index contributed by atoms with van der Waals surface area (Å²) in [7, 11) is 0. The van der Waals surface area contributed by atoms with Crippen molar-refractivity contribution in [2.45, 2.75) is 6.18 Å². The molecule has 2 aromatic carbocycles. The van der Waals surface area contributed by atoms with Gasteiger partial charge in [0.15, 0.2) is 5.13 Å². The Kier molecular flexibility index (Phi) is 5.67. The second-order valence-electron chi connectivity index (χ2n) is 5.60. The maximum Gasteiger partial charge on any atom is 0.416 e. The lowest BCUT2D eigenvalue weighted by Crippen LogP contribution is -2.15. The molecular weight excluding hydrogens is 439 g/mol. The normalized spacial score (nSPS) is 11.4. The number of anilines is 1. The number of halogens is 6. The first-order valence-electron chi connectivity index (χ1n) is 7.71. The summed E-state index contributed by atoms with van der Waals surface area (Å²) in [6.07, 6.45) is -4.62. The van der Waals surface area contributed by atoms with Gasteiger partial charge in [0.05, 0.1) is 10.4 Å². The number of hydrogen-bond donors (Lipinski definition) is 1. The average molecular weight is 447 g/mol. The lowest BCUT2D eigenvalue weighted by atomic mass is 10.1. The number of aromatic nitrogens is 1. The molecule has 29 heavy (non-hydrogen) atoms. The predicted octanol–water partition coefficient (Wildman–Crippen LogP) is 5.74. The standard InChI is InChI=1S/C18H8ClF5N2O2S/c19-15(27)13-14(8-3-1-4-9(7-8)18(22,23)24)29-17(25-13)26-16(28)12-10(20)5-2-6-11(12)21/h1-7H,(H,25,26,28). The Balaban J connectivity index is 2.00. The van der Waals surface area contributed by atoms with Gasteiger partial charge < -0.3 is 0 Å². The smallest absolute Gasteiger partial charge is 0.298 e. The fourth-order valence-corrected chi connectivity index (χ4v) is 3.56. The monoisotopic (exact) mass is 446 g/mol. The first kappa shape index (κ1) is 20.9. The summed E-state index contributed by atoms with van der Waals surface area (Å²) < 4.78 is 66.3. The summed E-state index contributed by atoms with van der Waals surface area (Å²) in [6.45, 7) is 0. The van der Waals surface area contributed by atoms with E-state index in [1.165, 1.54) is 6.07 Å². The summed E-state index contributed by atoms with van der Waals surface area (Å²) in [5.41, 5.74) is -2.25. The van der Waals surface area contributed by atoms with Crippen LogP contribution in [0.15, 0.2) is 42.5 Å². The number of alkyl halides is 3. The number of carbonyl (C=O) groups is 2. The summed E-state index contributed by atoms with van der Waals surface area (Å²) >= 11 is 6.09. The van der Waals surface area contributed by atoms with Gasteiger partial charge in [0.25, 0.3) is 11.1 Å². The Labute approximate surface area is 169 Å². The maximum atomic E-state index is 13.7. The molecule has 3 aromatic rings. The van der Waals surface area contributed by atoms with Crippen LogP contribution in [0.3, 0.4) is 0 Å². The highest BCUT2D eigenvalue weighted by atomic mass is 35.5. The Morgan fingerprint density at radius 2 is 1.66 bits per heavy atom. The molecule has 0 fully saturated rings. The van der Waals surface area contributed by atoms with Crippen LogP contribution in [-0.2, 0) is 6.18 Å². The highest BCUT2D eigenvalue weighted by Crippen LogP contribution is 2.37. The summed E-state index contributed by atoms with van der Waals surface area (Å²) in [5.74, 6) is -3.42. The van der Waals surface area contributed by atoms with Gasteiger partial charge in [-0.3, -0.25) is 14.9 Å². The van der Waals surface area contributed by atoms with E-state index in [2.05, 4.69) is 10.3 Å². The summed E-state index contributed by atoms with van der Waals surface area (Å²) in [6, 6.07) is 6.89. The van der Waals surface area contributed by atoms with Crippen molar-refractivity contribution in [3.63, 3.8) is 0 Å². The van der Waals surface area contributed by atoms with Crippen molar-refractivity contribution in [2.24, 2.45) is 0 Å². The first-order valence-corrected chi connectivity index (χ1v) is 8.91. The molecule has 0 unspecified atom stereocenters. The first-order chi connectivity index (χ1) is 13.6. The van der Waals surface area contributed by atoms with Crippen molar-refractivity contribution in [2.75, 3.05) is 5.32 Å². The van der Waals surface area contributed by atoms with E-state index in [1.54, 1.807) is 0 Å². The average Bonchev–Trinajstić information content (AvgIpc) is 3.05. The third-order valence-electron chi connectivity index (χ3n) is 3.68. The van der Waals surface area contributed by atoms with Crippen LogP contribution in [0.25, 0.3) is 10.4 Å². The van der Waals surface area contributed by atoms with Crippen LogP contribution in [0, 0.1) is 11.6 Å². The fraction of sp³-hybridized carbons (Fsp3) is 0.0556. The van der Waals surface area contributed by atoms with Gasteiger partial charge in [-0.2, -0.15) is 13.2 Å². The molecule has 1 N–H and O–H groups in total. The van der Waals surface area contributed by atoms with Crippen LogP contribution in [-0.4, -0.2) is 16.1 Å². The molecule has 0 saturated carbocycles. The molecule has 0 aliphatic carbocycles. The van der Waals surface area contributed by atoms with E-state index in [0.29, 0.717) is 11.3 Å². The summed E-state index contributed by atoms with van der Waals surface area (Å²) in [4.78, 5) is 27.6. The molecule has 0 spiro atoms. The van der Waals surface area contributed by atoms with E-state index in [4.69, 9.17) is 11.6 Å². The van der Waals surface area contributed by atoms with Gasteiger partial charge in [0.2, 0.25) is 0 Å². The molecule has 1 aromatic heterocycles. The van der Waals surface area contributed by atoms with Gasteiger partial charge >= 0.3 is 6.18 Å². The van der Waals surface area contributed by atoms with Crippen molar-refractivity contribution in [3.05, 3.63) is 70.9 Å². The van der Waals surface area contributed by atoms with Crippen molar-refractivity contribution in [1.82, 2.24) is 4.98 Å². The van der Waals surface area contributed by atoms with E-state index in [-0.39, 0.29) is 15.6 Å². The number of carbonyl (C=O) groups excluding carboxylic acids is 2. The maximum absolute atomic E-state index is 13.7. The zero-order valence-electron chi connectivity index (χ0n) is 14.0. The van der Waals surface area contributed by atoms with Crippen molar-refractivity contribution >= 4 is 39.2 Å². The van der Waals surface area contributed by atoms with Crippen molar-refractivity contribution in [1.29, 1.82) is 0 Å². The molecule has 0 radical (unpaired) electrons. The van der Waals surface area contributed by atoms with Gasteiger partial charge in [-0.1, -0.05) is 29.5 Å². The highest BCUT2D eigenvalue weighted by Gasteiger charge is 2.31. The Morgan fingerprint density at radius 1 is 1.03 bits per heavy atom. The zero-order chi connectivity index (χ0) is 21.3. The Bertz CT molecular complexity index is 1090. The van der Waals surface area contributed by atoms with Crippen LogP contribution in [0.1, 0.15) is 26.4 Å². The molecule has 0 aliphatic rings. The number of rotatable bonds is 4. The van der Waals surface area contributed by atoms with Gasteiger partial charge in [0.1, 0.15) is 22.9 Å². The highest BCUT2D eigenvalue weighted by molar-refractivity contribution is 7.19. The number of benzene rings is 2. The second-order valence-corrected chi connectivity index (χ2v) is 6.94. The van der Waals surface area contributed by atoms with E-state index >= 15 is 0 Å². The minimum atomic E-state index is -4.62. The molecule has 11 heteroatoms. The minimum Gasteiger partial charge on any atom is -0.298 e. The molecule has 1 heterocycles. The molecule has 150 valence electrons. The van der Waals surface area contributed by atoms with E-state index in [9.17, 15) is 31.5 Å². The number of hydrogen-bond acceptors (Lipinski definition) is 4. The van der Waals surface area contributed by atoms with Gasteiger partial charge in [-0.15, -0.1) is 0 Å². The zero-order valence-corrected chi connectivity index (χ0v) is 15.6. The van der Waals surface area contributed by atoms with Crippen LogP contribution in [0.5, 0.6) is 0 Å². The molecule has 0 atom stereocenters. The van der Waals surface area contributed by atoms with Crippen LogP contribution in [0.2, 0.25) is 0 Å². The van der Waals surface area contributed by atoms with Crippen molar-refractivity contribution < 1.29 is 31.5 Å². The lowest BCUT2D eigenvalue weighted by molar-refractivity contribution is -0.137. The van der Waals surface area contributed by atoms with Gasteiger partial charge in [-0.25, -0.2) is 13.8 Å². The Morgan fingerprint density at radius 3 is 2.24 bits per heavy atom. The molecule has 4 nitrogen and oxygen atoms in total. The van der Waals surface area contributed by atoms with E-state index < -0.39 is 45.8 Å². The Hall–Kier alpha value is -2.85.